The highest BCUT2D eigenvalue weighted by molar-refractivity contribution is 5.97. The Labute approximate surface area is 148 Å². The van der Waals surface area contributed by atoms with Gasteiger partial charge in [-0.1, -0.05) is 19.9 Å². The second-order valence-corrected chi connectivity index (χ2v) is 6.57. The van der Waals surface area contributed by atoms with Crippen molar-refractivity contribution in [3.8, 4) is 5.69 Å². The van der Waals surface area contributed by atoms with Gasteiger partial charge >= 0.3 is 5.97 Å². The quantitative estimate of drug-likeness (QED) is 0.819. The van der Waals surface area contributed by atoms with Gasteiger partial charge in [0, 0.05) is 11.3 Å². The summed E-state index contributed by atoms with van der Waals surface area (Å²) in [6, 6.07) is 8.49. The smallest absolute Gasteiger partial charge is 0.328 e. The number of benzene rings is 1. The second kappa shape index (κ2) is 7.96. The molecule has 1 N–H and O–H groups in total. The van der Waals surface area contributed by atoms with Gasteiger partial charge in [0.2, 0.25) is 0 Å². The van der Waals surface area contributed by atoms with Gasteiger partial charge in [-0.15, -0.1) is 0 Å². The molecule has 0 saturated heterocycles. The molecule has 0 spiro atoms. The van der Waals surface area contributed by atoms with E-state index in [1.54, 1.807) is 22.9 Å². The van der Waals surface area contributed by atoms with Crippen LogP contribution in [0, 0.1) is 19.8 Å². The molecule has 2 rings (SSSR count). The molecule has 1 aromatic carbocycles. The van der Waals surface area contributed by atoms with Gasteiger partial charge in [0.15, 0.2) is 0 Å². The van der Waals surface area contributed by atoms with Gasteiger partial charge in [0.05, 0.1) is 18.5 Å². The van der Waals surface area contributed by atoms with Gasteiger partial charge in [-0.2, -0.15) is 5.10 Å². The maximum atomic E-state index is 12.6. The van der Waals surface area contributed by atoms with Crippen LogP contribution < -0.4 is 5.32 Å². The summed E-state index contributed by atoms with van der Waals surface area (Å²) in [5, 5.41) is 7.20. The molecule has 0 unspecified atom stereocenters. The summed E-state index contributed by atoms with van der Waals surface area (Å²) in [4.78, 5) is 24.5. The maximum absolute atomic E-state index is 12.6. The molecule has 0 saturated carbocycles. The molecular weight excluding hydrogens is 318 g/mol. The van der Waals surface area contributed by atoms with Crippen molar-refractivity contribution in [3.05, 3.63) is 47.3 Å². The average Bonchev–Trinajstić information content (AvgIpc) is 2.91. The minimum absolute atomic E-state index is 0.255. The van der Waals surface area contributed by atoms with E-state index < -0.39 is 12.0 Å². The van der Waals surface area contributed by atoms with Crippen molar-refractivity contribution in [3.63, 3.8) is 0 Å². The molecule has 0 aliphatic carbocycles. The number of ether oxygens (including phenoxy) is 1. The molecule has 0 aliphatic heterocycles. The SMILES string of the molecule is COC(=O)[C@@H](CC(C)C)NC(=O)c1cccc(-n2nc(C)cc2C)c1. The van der Waals surface area contributed by atoms with Crippen LogP contribution in [-0.4, -0.2) is 34.8 Å². The summed E-state index contributed by atoms with van der Waals surface area (Å²) in [5.41, 5.74) is 3.18. The molecule has 0 fully saturated rings. The third-order valence-electron chi connectivity index (χ3n) is 3.86. The highest BCUT2D eigenvalue weighted by atomic mass is 16.5. The van der Waals surface area contributed by atoms with E-state index in [9.17, 15) is 9.59 Å². The van der Waals surface area contributed by atoms with Crippen LogP contribution in [0.2, 0.25) is 0 Å². The van der Waals surface area contributed by atoms with Crippen molar-refractivity contribution in [2.75, 3.05) is 7.11 Å². The summed E-state index contributed by atoms with van der Waals surface area (Å²) < 4.78 is 6.58. The van der Waals surface area contributed by atoms with E-state index in [1.807, 2.05) is 39.8 Å². The summed E-state index contributed by atoms with van der Waals surface area (Å²) in [5.74, 6) is -0.485. The minimum Gasteiger partial charge on any atom is -0.467 e. The van der Waals surface area contributed by atoms with Crippen LogP contribution in [0.4, 0.5) is 0 Å². The van der Waals surface area contributed by atoms with E-state index >= 15 is 0 Å². The molecule has 1 amide bonds. The molecule has 134 valence electrons. The van der Waals surface area contributed by atoms with Gasteiger partial charge < -0.3 is 10.1 Å². The van der Waals surface area contributed by atoms with Crippen LogP contribution in [0.3, 0.4) is 0 Å². The summed E-state index contributed by atoms with van der Waals surface area (Å²) >= 11 is 0. The van der Waals surface area contributed by atoms with Crippen LogP contribution in [-0.2, 0) is 9.53 Å². The van der Waals surface area contributed by atoms with Crippen LogP contribution in [0.15, 0.2) is 30.3 Å². The van der Waals surface area contributed by atoms with Crippen LogP contribution in [0.5, 0.6) is 0 Å². The van der Waals surface area contributed by atoms with Crippen molar-refractivity contribution >= 4 is 11.9 Å². The fourth-order valence-electron chi connectivity index (χ4n) is 2.74. The van der Waals surface area contributed by atoms with E-state index in [2.05, 4.69) is 10.4 Å². The summed E-state index contributed by atoms with van der Waals surface area (Å²) in [7, 11) is 1.32. The topological polar surface area (TPSA) is 73.2 Å². The van der Waals surface area contributed by atoms with Crippen molar-refractivity contribution in [2.24, 2.45) is 5.92 Å². The summed E-state index contributed by atoms with van der Waals surface area (Å²) in [6.07, 6.45) is 0.523. The van der Waals surface area contributed by atoms with Crippen LogP contribution in [0.25, 0.3) is 5.69 Å². The van der Waals surface area contributed by atoms with Crippen molar-refractivity contribution in [2.45, 2.75) is 40.2 Å². The minimum atomic E-state index is -0.658. The number of nitrogens with zero attached hydrogens (tertiary/aromatic N) is 2. The molecule has 25 heavy (non-hydrogen) atoms. The average molecular weight is 343 g/mol. The lowest BCUT2D eigenvalue weighted by molar-refractivity contribution is -0.143. The Balaban J connectivity index is 2.23. The molecule has 0 radical (unpaired) electrons. The molecule has 6 heteroatoms. The third-order valence-corrected chi connectivity index (χ3v) is 3.86. The van der Waals surface area contributed by atoms with Gasteiger partial charge in [-0.05, 0) is 50.5 Å². The number of hydrogen-bond acceptors (Lipinski definition) is 4. The number of rotatable bonds is 6. The van der Waals surface area contributed by atoms with Crippen LogP contribution >= 0.6 is 0 Å². The largest absolute Gasteiger partial charge is 0.467 e. The zero-order chi connectivity index (χ0) is 18.6. The Morgan fingerprint density at radius 3 is 2.52 bits per heavy atom. The predicted octanol–water partition coefficient (Wildman–Crippen LogP) is 2.81. The lowest BCUT2D eigenvalue weighted by Gasteiger charge is -2.18. The van der Waals surface area contributed by atoms with Gasteiger partial charge in [0.1, 0.15) is 6.04 Å². The summed E-state index contributed by atoms with van der Waals surface area (Å²) in [6.45, 7) is 7.87. The fourth-order valence-corrected chi connectivity index (χ4v) is 2.74. The first-order valence-corrected chi connectivity index (χ1v) is 8.34. The van der Waals surface area contributed by atoms with Crippen molar-refractivity contribution < 1.29 is 14.3 Å². The number of carbonyl (C=O) groups excluding carboxylic acids is 2. The number of hydrogen-bond donors (Lipinski definition) is 1. The van der Waals surface area contributed by atoms with E-state index in [-0.39, 0.29) is 11.8 Å². The number of nitrogens with one attached hydrogen (secondary N) is 1. The highest BCUT2D eigenvalue weighted by Crippen LogP contribution is 2.15. The molecule has 1 heterocycles. The first-order valence-electron chi connectivity index (χ1n) is 8.34. The fraction of sp³-hybridized carbons (Fsp3) is 0.421. The van der Waals surface area contributed by atoms with Crippen molar-refractivity contribution in [1.29, 1.82) is 0 Å². The molecule has 0 bridgehead atoms. The Morgan fingerprint density at radius 1 is 1.24 bits per heavy atom. The Hall–Kier alpha value is -2.63. The molecule has 2 aromatic rings. The lowest BCUT2D eigenvalue weighted by atomic mass is 10.0. The Morgan fingerprint density at radius 2 is 1.96 bits per heavy atom. The number of carbonyl (C=O) groups is 2. The Kier molecular flexibility index (Phi) is 5.96. The van der Waals surface area contributed by atoms with Gasteiger partial charge in [-0.3, -0.25) is 4.79 Å². The maximum Gasteiger partial charge on any atom is 0.328 e. The zero-order valence-electron chi connectivity index (χ0n) is 15.4. The Bertz CT molecular complexity index is 765. The van der Waals surface area contributed by atoms with Crippen LogP contribution in [0.1, 0.15) is 42.0 Å². The number of amides is 1. The van der Waals surface area contributed by atoms with E-state index in [0.29, 0.717) is 12.0 Å². The normalized spacial score (nSPS) is 12.1. The first kappa shape index (κ1) is 18.7. The molecule has 1 atom stereocenters. The zero-order valence-corrected chi connectivity index (χ0v) is 15.4. The lowest BCUT2D eigenvalue weighted by Crippen LogP contribution is -2.42. The molecule has 6 nitrogen and oxygen atoms in total. The monoisotopic (exact) mass is 343 g/mol. The van der Waals surface area contributed by atoms with Crippen molar-refractivity contribution in [1.82, 2.24) is 15.1 Å². The number of methoxy groups -OCH3 is 1. The van der Waals surface area contributed by atoms with E-state index in [4.69, 9.17) is 4.74 Å². The van der Waals surface area contributed by atoms with Gasteiger partial charge in [-0.25, -0.2) is 9.48 Å². The molecule has 1 aromatic heterocycles. The van der Waals surface area contributed by atoms with E-state index in [0.717, 1.165) is 17.1 Å². The predicted molar refractivity (Wildman–Crippen MR) is 95.8 cm³/mol. The molecular formula is C19H25N3O3. The van der Waals surface area contributed by atoms with Gasteiger partial charge in [0.25, 0.3) is 5.91 Å². The highest BCUT2D eigenvalue weighted by Gasteiger charge is 2.23. The number of esters is 1. The number of aromatic nitrogens is 2. The first-order chi connectivity index (χ1) is 11.8. The second-order valence-electron chi connectivity index (χ2n) is 6.57. The number of aryl methyl sites for hydroxylation is 2. The van der Waals surface area contributed by atoms with E-state index in [1.165, 1.54) is 7.11 Å². The third kappa shape index (κ3) is 4.68. The standard InChI is InChI=1S/C19H25N3O3/c1-12(2)9-17(19(24)25-5)20-18(23)15-7-6-8-16(11-15)22-14(4)10-13(3)21-22/h6-8,10-12,17H,9H2,1-5H3,(H,20,23)/t17-/m1/s1. The molecule has 0 aliphatic rings.